The van der Waals surface area contributed by atoms with Gasteiger partial charge in [-0.1, -0.05) is 12.2 Å². The summed E-state index contributed by atoms with van der Waals surface area (Å²) in [5.74, 6) is -1.74. The Hall–Kier alpha value is -1.40. The monoisotopic (exact) mass is 308 g/mol. The van der Waals surface area contributed by atoms with Crippen LogP contribution in [0.2, 0.25) is 0 Å². The fourth-order valence-corrected chi connectivity index (χ4v) is 3.97. The van der Waals surface area contributed by atoms with Crippen molar-refractivity contribution in [2.24, 2.45) is 23.7 Å². The third-order valence-corrected chi connectivity index (χ3v) is 5.10. The zero-order valence-corrected chi connectivity index (χ0v) is 12.7. The fourth-order valence-electron chi connectivity index (χ4n) is 3.97. The van der Waals surface area contributed by atoms with Gasteiger partial charge in [-0.05, 0) is 31.2 Å². The number of carboxylic acids is 1. The molecule has 1 heterocycles. The van der Waals surface area contributed by atoms with Crippen molar-refractivity contribution in [3.05, 3.63) is 12.2 Å². The number of allylic oxidation sites excluding steroid dienone is 2. The van der Waals surface area contributed by atoms with E-state index in [1.54, 1.807) is 0 Å². The molecule has 4 atom stereocenters. The Morgan fingerprint density at radius 2 is 1.86 bits per heavy atom. The summed E-state index contributed by atoms with van der Waals surface area (Å²) in [6.45, 7) is 5.02. The van der Waals surface area contributed by atoms with Crippen molar-refractivity contribution in [1.82, 2.24) is 10.2 Å². The number of carbonyl (C=O) groups is 2. The molecule has 1 saturated carbocycles. The lowest BCUT2D eigenvalue weighted by atomic mass is 9.82. The number of morpholine rings is 1. The zero-order chi connectivity index (χ0) is 15.5. The maximum Gasteiger partial charge on any atom is 0.307 e. The predicted octanol–water partition coefficient (Wildman–Crippen LogP) is 0.348. The first-order valence-corrected chi connectivity index (χ1v) is 8.16. The quantitative estimate of drug-likeness (QED) is 0.547. The number of carboxylic acid groups (broad SMARTS) is 1. The highest BCUT2D eigenvalue weighted by molar-refractivity contribution is 5.86. The third kappa shape index (κ3) is 3.17. The van der Waals surface area contributed by atoms with Crippen LogP contribution in [0.4, 0.5) is 0 Å². The van der Waals surface area contributed by atoms with Gasteiger partial charge in [0.15, 0.2) is 0 Å². The standard InChI is InChI=1S/C16H24N2O4/c19-15(17-4-1-5-18-6-8-22-9-7-18)13-11-2-3-12(10-11)14(13)16(20)21/h2-3,11-14H,1,4-10H2,(H,17,19)(H,20,21)/t11-,12+,13-,14-/m0/s1. The van der Waals surface area contributed by atoms with Crippen molar-refractivity contribution in [2.45, 2.75) is 12.8 Å². The van der Waals surface area contributed by atoms with Crippen LogP contribution in [-0.4, -0.2) is 61.3 Å². The molecule has 122 valence electrons. The van der Waals surface area contributed by atoms with Gasteiger partial charge in [0.05, 0.1) is 25.0 Å². The van der Waals surface area contributed by atoms with Crippen molar-refractivity contribution in [3.63, 3.8) is 0 Å². The van der Waals surface area contributed by atoms with Gasteiger partial charge in [0.2, 0.25) is 5.91 Å². The highest BCUT2D eigenvalue weighted by Crippen LogP contribution is 2.48. The molecule has 3 aliphatic rings. The number of fused-ring (bicyclic) bond motifs is 2. The number of nitrogens with zero attached hydrogens (tertiary/aromatic N) is 1. The van der Waals surface area contributed by atoms with Gasteiger partial charge in [-0.2, -0.15) is 0 Å². The average molecular weight is 308 g/mol. The summed E-state index contributed by atoms with van der Waals surface area (Å²) >= 11 is 0. The molecule has 1 amide bonds. The van der Waals surface area contributed by atoms with Crippen molar-refractivity contribution in [2.75, 3.05) is 39.4 Å². The van der Waals surface area contributed by atoms with Gasteiger partial charge in [0, 0.05) is 19.6 Å². The van der Waals surface area contributed by atoms with Crippen LogP contribution in [0.25, 0.3) is 0 Å². The van der Waals surface area contributed by atoms with E-state index in [4.69, 9.17) is 4.74 Å². The summed E-state index contributed by atoms with van der Waals surface area (Å²) in [6.07, 6.45) is 5.68. The molecule has 3 rings (SSSR count). The zero-order valence-electron chi connectivity index (χ0n) is 12.7. The molecule has 6 nitrogen and oxygen atoms in total. The van der Waals surface area contributed by atoms with Crippen LogP contribution in [0, 0.1) is 23.7 Å². The number of hydrogen-bond acceptors (Lipinski definition) is 4. The van der Waals surface area contributed by atoms with Gasteiger partial charge >= 0.3 is 5.97 Å². The number of hydrogen-bond donors (Lipinski definition) is 2. The smallest absolute Gasteiger partial charge is 0.307 e. The number of ether oxygens (including phenoxy) is 1. The van der Waals surface area contributed by atoms with Crippen LogP contribution in [0.5, 0.6) is 0 Å². The molecule has 6 heteroatoms. The van der Waals surface area contributed by atoms with E-state index < -0.39 is 17.8 Å². The van der Waals surface area contributed by atoms with Gasteiger partial charge in [0.25, 0.3) is 0 Å². The summed E-state index contributed by atoms with van der Waals surface area (Å²) in [5.41, 5.74) is 0. The predicted molar refractivity (Wildman–Crippen MR) is 80.2 cm³/mol. The maximum atomic E-state index is 12.4. The molecule has 0 aromatic rings. The molecule has 2 fully saturated rings. The SMILES string of the molecule is O=C(O)[C@@H]1[C@@H](C(=O)NCCCN2CCOCC2)[C@H]2C=C[C@@H]1C2. The summed E-state index contributed by atoms with van der Waals surface area (Å²) in [5, 5.41) is 12.3. The van der Waals surface area contributed by atoms with E-state index >= 15 is 0 Å². The minimum atomic E-state index is -0.842. The lowest BCUT2D eigenvalue weighted by Crippen LogP contribution is -2.42. The molecule has 2 N–H and O–H groups in total. The lowest BCUT2D eigenvalue weighted by molar-refractivity contribution is -0.147. The Morgan fingerprint density at radius 3 is 2.55 bits per heavy atom. The van der Waals surface area contributed by atoms with Crippen molar-refractivity contribution in [1.29, 1.82) is 0 Å². The van der Waals surface area contributed by atoms with E-state index in [-0.39, 0.29) is 17.7 Å². The first-order valence-electron chi connectivity index (χ1n) is 8.16. The first kappa shape index (κ1) is 15.5. The Bertz CT molecular complexity index is 459. The average Bonchev–Trinajstić information content (AvgIpc) is 3.13. The summed E-state index contributed by atoms with van der Waals surface area (Å²) in [4.78, 5) is 26.1. The van der Waals surface area contributed by atoms with Crippen LogP contribution >= 0.6 is 0 Å². The fraction of sp³-hybridized carbons (Fsp3) is 0.750. The van der Waals surface area contributed by atoms with Crippen LogP contribution in [-0.2, 0) is 14.3 Å². The lowest BCUT2D eigenvalue weighted by Gasteiger charge is -2.27. The molecule has 22 heavy (non-hydrogen) atoms. The second-order valence-electron chi connectivity index (χ2n) is 6.44. The van der Waals surface area contributed by atoms with Crippen LogP contribution < -0.4 is 5.32 Å². The molecule has 0 radical (unpaired) electrons. The molecule has 2 aliphatic carbocycles. The molecule has 1 saturated heterocycles. The van der Waals surface area contributed by atoms with Crippen molar-refractivity contribution >= 4 is 11.9 Å². The number of nitrogens with one attached hydrogen (secondary N) is 1. The highest BCUT2D eigenvalue weighted by Gasteiger charge is 2.51. The largest absolute Gasteiger partial charge is 0.481 e. The van der Waals surface area contributed by atoms with E-state index in [1.165, 1.54) is 0 Å². The Balaban J connectivity index is 1.43. The third-order valence-electron chi connectivity index (χ3n) is 5.10. The summed E-state index contributed by atoms with van der Waals surface area (Å²) in [6, 6.07) is 0. The molecule has 0 aromatic heterocycles. The van der Waals surface area contributed by atoms with Crippen molar-refractivity contribution < 1.29 is 19.4 Å². The number of amides is 1. The highest BCUT2D eigenvalue weighted by atomic mass is 16.5. The minimum absolute atomic E-state index is 0.0339. The van der Waals surface area contributed by atoms with E-state index in [2.05, 4.69) is 10.2 Å². The van der Waals surface area contributed by atoms with Crippen LogP contribution in [0.3, 0.4) is 0 Å². The molecule has 0 unspecified atom stereocenters. The molecular weight excluding hydrogens is 284 g/mol. The van der Waals surface area contributed by atoms with Gasteiger partial charge in [0.1, 0.15) is 0 Å². The minimum Gasteiger partial charge on any atom is -0.481 e. The Labute approximate surface area is 130 Å². The first-order chi connectivity index (χ1) is 10.7. The molecule has 2 bridgehead atoms. The normalized spacial score (nSPS) is 34.0. The summed E-state index contributed by atoms with van der Waals surface area (Å²) in [7, 11) is 0. The number of aliphatic carboxylic acids is 1. The van der Waals surface area contributed by atoms with E-state index in [0.29, 0.717) is 6.54 Å². The molecular formula is C16H24N2O4. The van der Waals surface area contributed by atoms with Crippen molar-refractivity contribution in [3.8, 4) is 0 Å². The number of rotatable bonds is 6. The Morgan fingerprint density at radius 1 is 1.18 bits per heavy atom. The topological polar surface area (TPSA) is 78.9 Å². The van der Waals surface area contributed by atoms with Crippen LogP contribution in [0.1, 0.15) is 12.8 Å². The molecule has 0 aromatic carbocycles. The van der Waals surface area contributed by atoms with E-state index in [9.17, 15) is 14.7 Å². The second kappa shape index (κ2) is 6.79. The molecule has 1 aliphatic heterocycles. The van der Waals surface area contributed by atoms with E-state index in [1.807, 2.05) is 12.2 Å². The van der Waals surface area contributed by atoms with Crippen LogP contribution in [0.15, 0.2) is 12.2 Å². The van der Waals surface area contributed by atoms with Gasteiger partial charge in [-0.25, -0.2) is 0 Å². The number of carbonyl (C=O) groups excluding carboxylic acids is 1. The Kier molecular flexibility index (Phi) is 4.78. The van der Waals surface area contributed by atoms with Gasteiger partial charge in [-0.15, -0.1) is 0 Å². The van der Waals surface area contributed by atoms with E-state index in [0.717, 1.165) is 45.7 Å². The van der Waals surface area contributed by atoms with Gasteiger partial charge in [-0.3, -0.25) is 14.5 Å². The summed E-state index contributed by atoms with van der Waals surface area (Å²) < 4.78 is 5.30. The second-order valence-corrected chi connectivity index (χ2v) is 6.44. The maximum absolute atomic E-state index is 12.4. The van der Waals surface area contributed by atoms with Gasteiger partial charge < -0.3 is 15.2 Å². The molecule has 0 spiro atoms.